The number of amides is 1. The third-order valence-electron chi connectivity index (χ3n) is 2.05. The van der Waals surface area contributed by atoms with Gasteiger partial charge in [0.1, 0.15) is 12.1 Å². The van der Waals surface area contributed by atoms with Gasteiger partial charge < -0.3 is 15.0 Å². The fourth-order valence-corrected chi connectivity index (χ4v) is 1.24. The number of carboxylic acids is 1. The number of likely N-dealkylation sites (N-methyl/N-ethyl adjacent to an activating group) is 1. The summed E-state index contributed by atoms with van der Waals surface area (Å²) in [5.41, 5.74) is -0.474. The summed E-state index contributed by atoms with van der Waals surface area (Å²) in [7, 11) is 0. The molecule has 1 heterocycles. The van der Waals surface area contributed by atoms with Gasteiger partial charge in [0.05, 0.1) is 0 Å². The van der Waals surface area contributed by atoms with Crippen molar-refractivity contribution in [2.75, 3.05) is 13.1 Å². The molecule has 16 heavy (non-hydrogen) atoms. The molecule has 1 rings (SSSR count). The second-order valence-electron chi connectivity index (χ2n) is 3.14. The highest BCUT2D eigenvalue weighted by Crippen LogP contribution is 1.98. The van der Waals surface area contributed by atoms with E-state index < -0.39 is 23.9 Å². The van der Waals surface area contributed by atoms with E-state index in [9.17, 15) is 14.4 Å². The summed E-state index contributed by atoms with van der Waals surface area (Å²) in [6.45, 7) is 1.47. The summed E-state index contributed by atoms with van der Waals surface area (Å²) in [6, 6.07) is 1.22. The molecule has 0 aliphatic heterocycles. The number of aromatic nitrogens is 1. The van der Waals surface area contributed by atoms with E-state index in [1.807, 2.05) is 0 Å². The van der Waals surface area contributed by atoms with Crippen LogP contribution in [0.4, 0.5) is 0 Å². The minimum absolute atomic E-state index is 0.0504. The van der Waals surface area contributed by atoms with Gasteiger partial charge in [-0.1, -0.05) is 0 Å². The molecule has 0 aliphatic carbocycles. The molecule has 6 heteroatoms. The van der Waals surface area contributed by atoms with E-state index in [0.717, 1.165) is 4.90 Å². The number of carbonyl (C=O) groups is 2. The first-order valence-electron chi connectivity index (χ1n) is 4.74. The fourth-order valence-electron chi connectivity index (χ4n) is 1.24. The number of rotatable bonds is 4. The van der Waals surface area contributed by atoms with E-state index in [-0.39, 0.29) is 12.1 Å². The molecule has 0 unspecified atom stereocenters. The SMILES string of the molecule is CCN(CC(=O)O)C(=O)c1c[nH]ccc1=O. The molecule has 1 aromatic heterocycles. The lowest BCUT2D eigenvalue weighted by molar-refractivity contribution is -0.137. The number of nitrogens with one attached hydrogen (secondary N) is 1. The highest BCUT2D eigenvalue weighted by Gasteiger charge is 2.18. The molecule has 0 aliphatic rings. The minimum Gasteiger partial charge on any atom is -0.480 e. The molecule has 0 atom stereocenters. The van der Waals surface area contributed by atoms with Crippen molar-refractivity contribution in [1.82, 2.24) is 9.88 Å². The van der Waals surface area contributed by atoms with Crippen molar-refractivity contribution in [3.8, 4) is 0 Å². The summed E-state index contributed by atoms with van der Waals surface area (Å²) in [6.07, 6.45) is 2.68. The summed E-state index contributed by atoms with van der Waals surface area (Å²) in [5.74, 6) is -1.69. The maximum Gasteiger partial charge on any atom is 0.323 e. The molecule has 0 aromatic carbocycles. The summed E-state index contributed by atoms with van der Waals surface area (Å²) in [5, 5.41) is 8.60. The van der Waals surface area contributed by atoms with Gasteiger partial charge in [0.25, 0.3) is 5.91 Å². The quantitative estimate of drug-likeness (QED) is 0.748. The van der Waals surface area contributed by atoms with E-state index in [0.29, 0.717) is 0 Å². The molecule has 1 amide bonds. The van der Waals surface area contributed by atoms with E-state index in [2.05, 4.69) is 4.98 Å². The average Bonchev–Trinajstić information content (AvgIpc) is 2.25. The molecule has 0 spiro atoms. The predicted molar refractivity (Wildman–Crippen MR) is 56.3 cm³/mol. The first-order chi connectivity index (χ1) is 7.56. The largest absolute Gasteiger partial charge is 0.480 e. The molecule has 1 aromatic rings. The number of aliphatic carboxylic acids is 1. The zero-order chi connectivity index (χ0) is 12.1. The van der Waals surface area contributed by atoms with Crippen LogP contribution in [0.5, 0.6) is 0 Å². The summed E-state index contributed by atoms with van der Waals surface area (Å²) >= 11 is 0. The lowest BCUT2D eigenvalue weighted by Crippen LogP contribution is -2.37. The fraction of sp³-hybridized carbons (Fsp3) is 0.300. The number of H-pyrrole nitrogens is 1. The first-order valence-corrected chi connectivity index (χ1v) is 4.74. The number of hydrogen-bond donors (Lipinski definition) is 2. The van der Waals surface area contributed by atoms with Crippen LogP contribution in [0.15, 0.2) is 23.3 Å². The Morgan fingerprint density at radius 1 is 1.50 bits per heavy atom. The van der Waals surface area contributed by atoms with E-state index >= 15 is 0 Å². The van der Waals surface area contributed by atoms with Gasteiger partial charge in [-0.05, 0) is 6.92 Å². The monoisotopic (exact) mass is 224 g/mol. The maximum absolute atomic E-state index is 11.8. The zero-order valence-corrected chi connectivity index (χ0v) is 8.77. The summed E-state index contributed by atoms with van der Waals surface area (Å²) in [4.78, 5) is 37.3. The van der Waals surface area contributed by atoms with Crippen LogP contribution in [0, 0.1) is 0 Å². The zero-order valence-electron chi connectivity index (χ0n) is 8.77. The minimum atomic E-state index is -1.11. The molecule has 0 fully saturated rings. The highest BCUT2D eigenvalue weighted by molar-refractivity contribution is 5.95. The van der Waals surface area contributed by atoms with Gasteiger partial charge in [0.2, 0.25) is 0 Å². The third-order valence-corrected chi connectivity index (χ3v) is 2.05. The van der Waals surface area contributed by atoms with Crippen molar-refractivity contribution in [1.29, 1.82) is 0 Å². The van der Waals surface area contributed by atoms with Crippen LogP contribution in [0.25, 0.3) is 0 Å². The lowest BCUT2D eigenvalue weighted by Gasteiger charge is -2.17. The molecular weight excluding hydrogens is 212 g/mol. The molecule has 0 bridgehead atoms. The molecular formula is C10H12N2O4. The van der Waals surface area contributed by atoms with E-state index in [1.54, 1.807) is 6.92 Å². The van der Waals surface area contributed by atoms with E-state index in [4.69, 9.17) is 5.11 Å². The van der Waals surface area contributed by atoms with Crippen LogP contribution in [0.2, 0.25) is 0 Å². The third kappa shape index (κ3) is 2.69. The Morgan fingerprint density at radius 3 is 2.69 bits per heavy atom. The van der Waals surface area contributed by atoms with Crippen molar-refractivity contribution in [3.63, 3.8) is 0 Å². The van der Waals surface area contributed by atoms with Gasteiger partial charge >= 0.3 is 5.97 Å². The van der Waals surface area contributed by atoms with Crippen molar-refractivity contribution in [2.24, 2.45) is 0 Å². The Hall–Kier alpha value is -2.11. The van der Waals surface area contributed by atoms with Crippen LogP contribution < -0.4 is 5.43 Å². The number of nitrogens with zero attached hydrogens (tertiary/aromatic N) is 1. The Morgan fingerprint density at radius 2 is 2.19 bits per heavy atom. The smallest absolute Gasteiger partial charge is 0.323 e. The Labute approximate surface area is 91.5 Å². The van der Waals surface area contributed by atoms with E-state index in [1.165, 1.54) is 18.5 Å². The van der Waals surface area contributed by atoms with Crippen LogP contribution in [-0.4, -0.2) is 40.0 Å². The van der Waals surface area contributed by atoms with Crippen LogP contribution in [0.1, 0.15) is 17.3 Å². The van der Waals surface area contributed by atoms with Gasteiger partial charge in [0, 0.05) is 25.0 Å². The molecule has 6 nitrogen and oxygen atoms in total. The number of carboxylic acid groups (broad SMARTS) is 1. The first kappa shape index (κ1) is 12.0. The molecule has 0 saturated heterocycles. The number of pyridine rings is 1. The van der Waals surface area contributed by atoms with Gasteiger partial charge in [-0.25, -0.2) is 0 Å². The van der Waals surface area contributed by atoms with Gasteiger partial charge in [-0.3, -0.25) is 14.4 Å². The van der Waals surface area contributed by atoms with Crippen LogP contribution in [-0.2, 0) is 4.79 Å². The molecule has 0 radical (unpaired) electrons. The van der Waals surface area contributed by atoms with Gasteiger partial charge in [0.15, 0.2) is 5.43 Å². The maximum atomic E-state index is 11.8. The molecule has 0 saturated carbocycles. The second kappa shape index (κ2) is 5.11. The Bertz CT molecular complexity index is 452. The van der Waals surface area contributed by atoms with Crippen molar-refractivity contribution >= 4 is 11.9 Å². The lowest BCUT2D eigenvalue weighted by atomic mass is 10.2. The normalized spacial score (nSPS) is 9.81. The highest BCUT2D eigenvalue weighted by atomic mass is 16.4. The van der Waals surface area contributed by atoms with Gasteiger partial charge in [-0.2, -0.15) is 0 Å². The molecule has 86 valence electrons. The topological polar surface area (TPSA) is 90.5 Å². The number of hydrogen-bond acceptors (Lipinski definition) is 3. The predicted octanol–water partition coefficient (Wildman–Crippen LogP) is -0.0784. The van der Waals surface area contributed by atoms with Crippen LogP contribution >= 0.6 is 0 Å². The number of carbonyl (C=O) groups excluding carboxylic acids is 1. The summed E-state index contributed by atoms with van der Waals surface area (Å²) < 4.78 is 0. The second-order valence-corrected chi connectivity index (χ2v) is 3.14. The Balaban J connectivity index is 2.96. The van der Waals surface area contributed by atoms with Crippen molar-refractivity contribution < 1.29 is 14.7 Å². The standard InChI is InChI=1S/C10H12N2O4/c1-2-12(6-9(14)15)10(16)7-5-11-4-3-8(7)13/h3-5H,2,6H2,1H3,(H,11,13)(H,14,15). The van der Waals surface area contributed by atoms with Crippen molar-refractivity contribution in [3.05, 3.63) is 34.2 Å². The van der Waals surface area contributed by atoms with Gasteiger partial charge in [-0.15, -0.1) is 0 Å². The van der Waals surface area contributed by atoms with Crippen LogP contribution in [0.3, 0.4) is 0 Å². The Kier molecular flexibility index (Phi) is 3.82. The number of aromatic amines is 1. The average molecular weight is 224 g/mol. The molecule has 2 N–H and O–H groups in total. The van der Waals surface area contributed by atoms with Crippen molar-refractivity contribution in [2.45, 2.75) is 6.92 Å².